The van der Waals surface area contributed by atoms with E-state index < -0.39 is 10.2 Å². The molecule has 6 nitrogen and oxygen atoms in total. The Kier molecular flexibility index (Phi) is 8.58. The smallest absolute Gasteiger partial charge is 0.382 e. The third-order valence-electron chi connectivity index (χ3n) is 1.59. The molecule has 0 radical (unpaired) electrons. The van der Waals surface area contributed by atoms with E-state index in [9.17, 15) is 14.0 Å². The van der Waals surface area contributed by atoms with Crippen LogP contribution >= 0.6 is 11.8 Å². The first kappa shape index (κ1) is 17.7. The monoisotopic (exact) mass is 299 g/mol. The number of nitrogens with zero attached hydrogens (tertiary/aromatic N) is 2. The van der Waals surface area contributed by atoms with Gasteiger partial charge in [-0.3, -0.25) is 0 Å². The van der Waals surface area contributed by atoms with Crippen molar-refractivity contribution in [1.82, 2.24) is 4.90 Å². The number of halogens is 1. The average molecular weight is 300 g/mol. The lowest BCUT2D eigenvalue weighted by Gasteiger charge is -2.10. The minimum atomic E-state index is -4.38. The Morgan fingerprint density at radius 3 is 2.44 bits per heavy atom. The Morgan fingerprint density at radius 2 is 2.00 bits per heavy atom. The molecule has 0 aliphatic rings. The van der Waals surface area contributed by atoms with Crippen molar-refractivity contribution in [3.63, 3.8) is 0 Å². The summed E-state index contributed by atoms with van der Waals surface area (Å²) < 4.78 is 36.5. The first-order chi connectivity index (χ1) is 8.24. The second-order valence-corrected chi connectivity index (χ2v) is 5.99. The Hall–Kier alpha value is -0.310. The second kappa shape index (κ2) is 8.73. The molecule has 0 spiro atoms. The lowest BCUT2D eigenvalue weighted by Crippen LogP contribution is -2.61. The molecule has 0 aromatic rings. The molecular weight excluding hydrogens is 280 g/mol. The fraction of sp³-hybridized carbons (Fsp3) is 0.700. The molecule has 0 aliphatic carbocycles. The Balaban J connectivity index is 4.52. The first-order valence-corrected chi connectivity index (χ1v) is 7.58. The van der Waals surface area contributed by atoms with Gasteiger partial charge in [-0.1, -0.05) is 6.92 Å². The SMILES string of the molecule is CCCSC(=CN(C)C)C=[N+](C)CO[Cl+3]([O-])([O-])[O-]. The zero-order chi connectivity index (χ0) is 14.2. The van der Waals surface area contributed by atoms with Crippen molar-refractivity contribution in [1.29, 1.82) is 0 Å². The quantitative estimate of drug-likeness (QED) is 0.296. The molecule has 0 aromatic heterocycles. The molecule has 18 heavy (non-hydrogen) atoms. The molecule has 0 rings (SSSR count). The van der Waals surface area contributed by atoms with E-state index in [4.69, 9.17) is 0 Å². The molecule has 106 valence electrons. The molecule has 0 bridgehead atoms. The van der Waals surface area contributed by atoms with Crippen LogP contribution in [0.3, 0.4) is 0 Å². The average Bonchev–Trinajstić information content (AvgIpc) is 2.21. The van der Waals surface area contributed by atoms with Crippen LogP contribution in [0, 0.1) is 10.2 Å². The van der Waals surface area contributed by atoms with Gasteiger partial charge in [-0.15, -0.1) is 11.8 Å². The fourth-order valence-corrected chi connectivity index (χ4v) is 2.23. The van der Waals surface area contributed by atoms with E-state index in [0.29, 0.717) is 0 Å². The Bertz CT molecular complexity index is 303. The van der Waals surface area contributed by atoms with Gasteiger partial charge >= 0.3 is 6.73 Å². The van der Waals surface area contributed by atoms with Crippen molar-refractivity contribution in [3.05, 3.63) is 11.1 Å². The maximum absolute atomic E-state index is 10.3. The zero-order valence-corrected chi connectivity index (χ0v) is 12.7. The van der Waals surface area contributed by atoms with E-state index in [1.807, 2.05) is 25.2 Å². The summed E-state index contributed by atoms with van der Waals surface area (Å²) >= 11 is 1.65. The van der Waals surface area contributed by atoms with Crippen molar-refractivity contribution in [2.24, 2.45) is 0 Å². The van der Waals surface area contributed by atoms with E-state index in [2.05, 4.69) is 11.2 Å². The molecule has 8 heteroatoms. The summed E-state index contributed by atoms with van der Waals surface area (Å²) in [4.78, 5) is 2.86. The number of thioether (sulfide) groups is 1. The van der Waals surface area contributed by atoms with Crippen LogP contribution in [0.2, 0.25) is 0 Å². The fourth-order valence-electron chi connectivity index (χ4n) is 0.973. The van der Waals surface area contributed by atoms with Crippen LogP contribution in [-0.4, -0.2) is 49.3 Å². The summed E-state index contributed by atoms with van der Waals surface area (Å²) in [5.41, 5.74) is 0. The normalized spacial score (nSPS) is 13.9. The summed E-state index contributed by atoms with van der Waals surface area (Å²) in [5, 5.41) is 0. The minimum absolute atomic E-state index is 0.301. The van der Waals surface area contributed by atoms with Crippen molar-refractivity contribution in [3.8, 4) is 0 Å². The van der Waals surface area contributed by atoms with Crippen molar-refractivity contribution in [2.75, 3.05) is 33.6 Å². The van der Waals surface area contributed by atoms with Gasteiger partial charge in [-0.25, -0.2) is 4.58 Å². The van der Waals surface area contributed by atoms with E-state index in [-0.39, 0.29) is 6.73 Å². The molecule has 0 N–H and O–H groups in total. The second-order valence-electron chi connectivity index (χ2n) is 3.85. The van der Waals surface area contributed by atoms with Crippen LogP contribution in [0.5, 0.6) is 0 Å². The van der Waals surface area contributed by atoms with Gasteiger partial charge in [0.25, 0.3) is 0 Å². The number of hydrogen-bond acceptors (Lipinski definition) is 6. The molecule has 0 aliphatic heterocycles. The van der Waals surface area contributed by atoms with Gasteiger partial charge in [0.05, 0.1) is 15.1 Å². The van der Waals surface area contributed by atoms with Crippen LogP contribution in [0.4, 0.5) is 0 Å². The third kappa shape index (κ3) is 10.8. The van der Waals surface area contributed by atoms with Gasteiger partial charge in [0, 0.05) is 20.3 Å². The highest BCUT2D eigenvalue weighted by Gasteiger charge is 2.20. The maximum Gasteiger partial charge on any atom is 0.393 e. The minimum Gasteiger partial charge on any atom is -0.382 e. The third-order valence-corrected chi connectivity index (χ3v) is 3.11. The lowest BCUT2D eigenvalue weighted by molar-refractivity contribution is -1.92. The van der Waals surface area contributed by atoms with Gasteiger partial charge < -0.3 is 4.90 Å². The molecule has 0 saturated carbocycles. The number of rotatable bonds is 8. The number of hydrogen-bond donors (Lipinski definition) is 0. The number of allylic oxidation sites excluding steroid dienone is 1. The van der Waals surface area contributed by atoms with Gasteiger partial charge in [0.2, 0.25) is 0 Å². The molecule has 0 amide bonds. The van der Waals surface area contributed by atoms with Gasteiger partial charge in [0.15, 0.2) is 6.21 Å². The lowest BCUT2D eigenvalue weighted by atomic mass is 10.6. The van der Waals surface area contributed by atoms with E-state index in [1.54, 1.807) is 25.0 Å². The summed E-state index contributed by atoms with van der Waals surface area (Å²) in [7, 11) is 1.06. The van der Waals surface area contributed by atoms with Crippen LogP contribution < -0.4 is 14.0 Å². The first-order valence-electron chi connectivity index (χ1n) is 5.36. The van der Waals surface area contributed by atoms with Crippen LogP contribution in [0.25, 0.3) is 0 Å². The summed E-state index contributed by atoms with van der Waals surface area (Å²) in [6.45, 7) is 1.78. The Labute approximate surface area is 114 Å². The molecule has 0 aromatic carbocycles. The van der Waals surface area contributed by atoms with Crippen LogP contribution in [-0.2, 0) is 4.29 Å². The molecule has 0 saturated heterocycles. The van der Waals surface area contributed by atoms with E-state index in [0.717, 1.165) is 17.1 Å². The molecule has 0 heterocycles. The Morgan fingerprint density at radius 1 is 1.39 bits per heavy atom. The van der Waals surface area contributed by atoms with Gasteiger partial charge in [0.1, 0.15) is 11.3 Å². The van der Waals surface area contributed by atoms with E-state index in [1.165, 1.54) is 4.58 Å². The molecule has 0 fully saturated rings. The van der Waals surface area contributed by atoms with Crippen molar-refractivity contribution >= 4 is 18.0 Å². The maximum atomic E-state index is 10.3. The summed E-state index contributed by atoms with van der Waals surface area (Å²) in [6.07, 6.45) is 4.69. The topological polar surface area (TPSA) is 84.7 Å². The molecular formula is C10H20ClN2O4S+. The van der Waals surface area contributed by atoms with Crippen molar-refractivity contribution in [2.45, 2.75) is 13.3 Å². The predicted molar refractivity (Wildman–Crippen MR) is 62.7 cm³/mol. The summed E-state index contributed by atoms with van der Waals surface area (Å²) in [5.74, 6) is 0.961. The molecule has 0 atom stereocenters. The highest BCUT2D eigenvalue weighted by Crippen LogP contribution is 2.14. The summed E-state index contributed by atoms with van der Waals surface area (Å²) in [6, 6.07) is 0. The van der Waals surface area contributed by atoms with Gasteiger partial charge in [-0.05, 0) is 12.2 Å². The van der Waals surface area contributed by atoms with Crippen molar-refractivity contribution < 1.29 is 33.1 Å². The zero-order valence-electron chi connectivity index (χ0n) is 11.1. The highest BCUT2D eigenvalue weighted by atomic mass is 35.7. The van der Waals surface area contributed by atoms with Crippen LogP contribution in [0.15, 0.2) is 11.1 Å². The van der Waals surface area contributed by atoms with Gasteiger partial charge in [-0.2, -0.15) is 14.0 Å². The van der Waals surface area contributed by atoms with E-state index >= 15 is 0 Å². The molecule has 0 unspecified atom stereocenters. The predicted octanol–water partition coefficient (Wildman–Crippen LogP) is -1.88. The van der Waals surface area contributed by atoms with Crippen LogP contribution in [0.1, 0.15) is 13.3 Å². The standard InChI is InChI=1S/C10H20ClN2O4S/c1-5-6-18-10(7-12(2)3)8-13(4)9-17-11(14,15)16/h7-8H,5-6,9H2,1-4H3/q+1. The highest BCUT2D eigenvalue weighted by molar-refractivity contribution is 8.03. The largest absolute Gasteiger partial charge is 0.393 e.